The lowest BCUT2D eigenvalue weighted by molar-refractivity contribution is -0.113. The Morgan fingerprint density at radius 1 is 1.21 bits per heavy atom. The number of fused-ring (bicyclic) bond motifs is 1. The van der Waals surface area contributed by atoms with Crippen LogP contribution in [0, 0.1) is 6.92 Å². The summed E-state index contributed by atoms with van der Waals surface area (Å²) in [6.07, 6.45) is 5.57. The number of aromatic nitrogens is 3. The number of halogens is 1. The van der Waals surface area contributed by atoms with E-state index in [1.54, 1.807) is 23.0 Å². The second-order valence-electron chi connectivity index (χ2n) is 7.54. The Morgan fingerprint density at radius 2 is 2.06 bits per heavy atom. The normalized spacial score (nSPS) is 11.0. The van der Waals surface area contributed by atoms with Gasteiger partial charge in [0.05, 0.1) is 23.6 Å². The highest BCUT2D eigenvalue weighted by Crippen LogP contribution is 2.32. The molecule has 8 heteroatoms. The molecule has 1 N–H and O–H groups in total. The van der Waals surface area contributed by atoms with Crippen LogP contribution in [0.1, 0.15) is 25.3 Å². The molecule has 0 spiro atoms. The quantitative estimate of drug-likeness (QED) is 0.226. The molecule has 0 saturated carbocycles. The van der Waals surface area contributed by atoms with E-state index in [0.717, 1.165) is 46.0 Å². The summed E-state index contributed by atoms with van der Waals surface area (Å²) in [5, 5.41) is 9.00. The number of anilines is 1. The summed E-state index contributed by atoms with van der Waals surface area (Å²) in [4.78, 5) is 17.0. The smallest absolute Gasteiger partial charge is 0.234 e. The number of ether oxygens (including phenoxy) is 1. The van der Waals surface area contributed by atoms with Crippen molar-refractivity contribution in [2.75, 3.05) is 17.7 Å². The number of rotatable bonds is 9. The number of para-hydroxylation sites is 1. The van der Waals surface area contributed by atoms with Crippen LogP contribution in [-0.2, 0) is 4.79 Å². The number of amides is 1. The van der Waals surface area contributed by atoms with Crippen LogP contribution >= 0.6 is 23.4 Å². The number of nitrogens with zero attached hydrogens (tertiary/aromatic N) is 3. The van der Waals surface area contributed by atoms with Crippen LogP contribution in [0.25, 0.3) is 16.8 Å². The van der Waals surface area contributed by atoms with E-state index in [-0.39, 0.29) is 11.7 Å². The van der Waals surface area contributed by atoms with Gasteiger partial charge in [-0.15, -0.1) is 0 Å². The molecule has 4 rings (SSSR count). The minimum absolute atomic E-state index is 0.122. The van der Waals surface area contributed by atoms with Gasteiger partial charge in [-0.05, 0) is 49.2 Å². The van der Waals surface area contributed by atoms with E-state index < -0.39 is 0 Å². The van der Waals surface area contributed by atoms with Crippen LogP contribution in [0.3, 0.4) is 0 Å². The molecule has 0 saturated heterocycles. The van der Waals surface area contributed by atoms with Gasteiger partial charge < -0.3 is 10.1 Å². The van der Waals surface area contributed by atoms with Crippen molar-refractivity contribution in [1.82, 2.24) is 14.6 Å². The number of thioether (sulfide) groups is 1. The van der Waals surface area contributed by atoms with Crippen molar-refractivity contribution in [3.63, 3.8) is 0 Å². The van der Waals surface area contributed by atoms with Crippen molar-refractivity contribution < 1.29 is 9.53 Å². The van der Waals surface area contributed by atoms with Crippen molar-refractivity contribution >= 4 is 40.5 Å². The Morgan fingerprint density at radius 3 is 2.91 bits per heavy atom. The van der Waals surface area contributed by atoms with Crippen molar-refractivity contribution in [3.8, 4) is 17.0 Å². The summed E-state index contributed by atoms with van der Waals surface area (Å²) in [6.45, 7) is 4.69. The summed E-state index contributed by atoms with van der Waals surface area (Å²) in [7, 11) is 0. The molecular formula is C25H25ClN4O2S. The average molecular weight is 481 g/mol. The van der Waals surface area contributed by atoms with Gasteiger partial charge in [0.1, 0.15) is 10.8 Å². The monoisotopic (exact) mass is 480 g/mol. The third-order valence-corrected chi connectivity index (χ3v) is 6.56. The summed E-state index contributed by atoms with van der Waals surface area (Å²) in [5.41, 5.74) is 4.13. The highest BCUT2D eigenvalue weighted by Gasteiger charge is 2.14. The van der Waals surface area contributed by atoms with Crippen LogP contribution in [0.5, 0.6) is 5.75 Å². The first kappa shape index (κ1) is 23.1. The Bertz CT molecular complexity index is 1270. The topological polar surface area (TPSA) is 68.5 Å². The number of benzene rings is 2. The third kappa shape index (κ3) is 5.49. The third-order valence-electron chi connectivity index (χ3n) is 5.15. The first-order valence-electron chi connectivity index (χ1n) is 10.8. The molecule has 1 amide bonds. The maximum absolute atomic E-state index is 12.5. The molecule has 0 aliphatic heterocycles. The second kappa shape index (κ2) is 10.7. The van der Waals surface area contributed by atoms with Gasteiger partial charge in [0, 0.05) is 28.7 Å². The number of carbonyl (C=O) groups excluding carboxylic acids is 1. The molecular weight excluding hydrogens is 456 g/mol. The minimum Gasteiger partial charge on any atom is -0.493 e. The standard InChI is InChI=1S/C25H25ClN4O2S/c1-3-4-14-32-23-11-6-5-8-18(23)21-15-22-25(27-12-13-30(22)29-21)33-16-24(31)28-20-10-7-9-19(26)17(20)2/h5-13,15H,3-4,14,16H2,1-2H3,(H,28,31). The zero-order valence-corrected chi connectivity index (χ0v) is 20.1. The maximum atomic E-state index is 12.5. The minimum atomic E-state index is -0.122. The molecule has 2 aromatic heterocycles. The first-order chi connectivity index (χ1) is 16.1. The molecule has 0 aliphatic rings. The molecule has 0 atom stereocenters. The van der Waals surface area contributed by atoms with Gasteiger partial charge in [0.2, 0.25) is 5.91 Å². The van der Waals surface area contributed by atoms with Gasteiger partial charge >= 0.3 is 0 Å². The van der Waals surface area contributed by atoms with Gasteiger partial charge in [-0.1, -0.05) is 54.9 Å². The Kier molecular flexibility index (Phi) is 7.52. The second-order valence-corrected chi connectivity index (χ2v) is 8.91. The fourth-order valence-corrected chi connectivity index (χ4v) is 4.28. The lowest BCUT2D eigenvalue weighted by Gasteiger charge is -2.09. The summed E-state index contributed by atoms with van der Waals surface area (Å²) < 4.78 is 7.76. The fraction of sp³-hybridized carbons (Fsp3) is 0.240. The highest BCUT2D eigenvalue weighted by atomic mass is 35.5. The number of hydrogen-bond acceptors (Lipinski definition) is 5. The van der Waals surface area contributed by atoms with Crippen LogP contribution in [0.15, 0.2) is 66.0 Å². The molecule has 6 nitrogen and oxygen atoms in total. The van der Waals surface area contributed by atoms with Crippen molar-refractivity contribution in [1.29, 1.82) is 0 Å². The Hall–Kier alpha value is -3.03. The molecule has 2 aromatic carbocycles. The number of carbonyl (C=O) groups is 1. The lowest BCUT2D eigenvalue weighted by atomic mass is 10.1. The van der Waals surface area contributed by atoms with E-state index in [9.17, 15) is 4.79 Å². The van der Waals surface area contributed by atoms with E-state index >= 15 is 0 Å². The largest absolute Gasteiger partial charge is 0.493 e. The summed E-state index contributed by atoms with van der Waals surface area (Å²) >= 11 is 7.52. The van der Waals surface area contributed by atoms with Crippen LogP contribution in [-0.4, -0.2) is 32.9 Å². The molecule has 2 heterocycles. The van der Waals surface area contributed by atoms with E-state index in [0.29, 0.717) is 17.3 Å². The van der Waals surface area contributed by atoms with Gasteiger partial charge in [0.25, 0.3) is 0 Å². The van der Waals surface area contributed by atoms with Gasteiger partial charge in [-0.25, -0.2) is 9.50 Å². The van der Waals surface area contributed by atoms with E-state index in [1.807, 2.05) is 49.4 Å². The molecule has 0 bridgehead atoms. The molecule has 0 unspecified atom stereocenters. The molecule has 0 radical (unpaired) electrons. The van der Waals surface area contributed by atoms with Crippen molar-refractivity contribution in [2.24, 2.45) is 0 Å². The Labute approximate surface area is 202 Å². The van der Waals surface area contributed by atoms with Crippen molar-refractivity contribution in [3.05, 3.63) is 71.5 Å². The maximum Gasteiger partial charge on any atom is 0.234 e. The van der Waals surface area contributed by atoms with Crippen LogP contribution in [0.4, 0.5) is 5.69 Å². The van der Waals surface area contributed by atoms with Crippen LogP contribution in [0.2, 0.25) is 5.02 Å². The van der Waals surface area contributed by atoms with E-state index in [2.05, 4.69) is 17.2 Å². The van der Waals surface area contributed by atoms with E-state index in [4.69, 9.17) is 21.4 Å². The highest BCUT2D eigenvalue weighted by molar-refractivity contribution is 8.00. The molecule has 0 fully saturated rings. The number of unbranched alkanes of at least 4 members (excludes halogenated alkanes) is 1. The summed E-state index contributed by atoms with van der Waals surface area (Å²) in [6, 6.07) is 15.3. The lowest BCUT2D eigenvalue weighted by Crippen LogP contribution is -2.15. The Balaban J connectivity index is 1.51. The van der Waals surface area contributed by atoms with Gasteiger partial charge in [0.15, 0.2) is 0 Å². The number of nitrogens with one attached hydrogen (secondary N) is 1. The number of hydrogen-bond donors (Lipinski definition) is 1. The summed E-state index contributed by atoms with van der Waals surface area (Å²) in [5.74, 6) is 0.909. The molecule has 4 aromatic rings. The average Bonchev–Trinajstić information content (AvgIpc) is 3.26. The first-order valence-corrected chi connectivity index (χ1v) is 12.2. The zero-order valence-electron chi connectivity index (χ0n) is 18.5. The molecule has 33 heavy (non-hydrogen) atoms. The predicted octanol–water partition coefficient (Wildman–Crippen LogP) is 6.27. The fourth-order valence-electron chi connectivity index (χ4n) is 3.33. The van der Waals surface area contributed by atoms with Gasteiger partial charge in [-0.2, -0.15) is 5.10 Å². The zero-order chi connectivity index (χ0) is 23.2. The van der Waals surface area contributed by atoms with Gasteiger partial charge in [-0.3, -0.25) is 4.79 Å². The predicted molar refractivity (Wildman–Crippen MR) is 134 cm³/mol. The van der Waals surface area contributed by atoms with Crippen molar-refractivity contribution in [2.45, 2.75) is 31.7 Å². The molecule has 0 aliphatic carbocycles. The van der Waals surface area contributed by atoms with Crippen LogP contribution < -0.4 is 10.1 Å². The molecule has 170 valence electrons. The SMILES string of the molecule is CCCCOc1ccccc1-c1cc2c(SCC(=O)Nc3cccc(Cl)c3C)nccn2n1. The van der Waals surface area contributed by atoms with E-state index in [1.165, 1.54) is 11.8 Å².